The minimum absolute atomic E-state index is 0.255. The van der Waals surface area contributed by atoms with E-state index in [0.717, 1.165) is 11.5 Å². The molecule has 1 aliphatic rings. The predicted octanol–water partition coefficient (Wildman–Crippen LogP) is 8.87. The smallest absolute Gasteiger partial charge is 0.124 e. The van der Waals surface area contributed by atoms with Gasteiger partial charge < -0.3 is 9.47 Å². The van der Waals surface area contributed by atoms with Gasteiger partial charge in [0, 0.05) is 5.92 Å². The van der Waals surface area contributed by atoms with Gasteiger partial charge in [0.05, 0.1) is 14.2 Å². The number of aryl methyl sites for hydroxylation is 4. The van der Waals surface area contributed by atoms with Gasteiger partial charge in [-0.2, -0.15) is 0 Å². The van der Waals surface area contributed by atoms with Gasteiger partial charge in [-0.1, -0.05) is 74.6 Å². The molecule has 0 saturated heterocycles. The molecule has 0 heterocycles. The molecule has 0 saturated carbocycles. The lowest BCUT2D eigenvalue weighted by Gasteiger charge is -2.47. The summed E-state index contributed by atoms with van der Waals surface area (Å²) in [6, 6.07) is 9.41. The highest BCUT2D eigenvalue weighted by molar-refractivity contribution is 7.77. The highest BCUT2D eigenvalue weighted by Crippen LogP contribution is 2.67. The van der Waals surface area contributed by atoms with Crippen molar-refractivity contribution in [1.82, 2.24) is 0 Å². The highest BCUT2D eigenvalue weighted by atomic mass is 31.1. The van der Waals surface area contributed by atoms with Crippen molar-refractivity contribution in [2.75, 3.05) is 14.2 Å². The molecule has 0 fully saturated rings. The summed E-state index contributed by atoms with van der Waals surface area (Å²) in [6.07, 6.45) is 7.07. The topological polar surface area (TPSA) is 18.5 Å². The van der Waals surface area contributed by atoms with Crippen LogP contribution in [0.5, 0.6) is 11.5 Å². The molecule has 201 valence electrons. The summed E-state index contributed by atoms with van der Waals surface area (Å²) in [5.74, 6) is 3.49. The fraction of sp³-hybridized carbons (Fsp3) is 0.485. The Morgan fingerprint density at radius 3 is 1.38 bits per heavy atom. The molecule has 0 aliphatic heterocycles. The Bertz CT molecular complexity index is 1070. The van der Waals surface area contributed by atoms with E-state index >= 15 is 0 Å². The van der Waals surface area contributed by atoms with Crippen LogP contribution in [0.15, 0.2) is 47.8 Å². The quantitative estimate of drug-likeness (QED) is 0.329. The van der Waals surface area contributed by atoms with Crippen LogP contribution in [0.4, 0.5) is 0 Å². The maximum absolute atomic E-state index is 5.74. The van der Waals surface area contributed by atoms with E-state index in [1.54, 1.807) is 14.2 Å². The third-order valence-electron chi connectivity index (χ3n) is 7.16. The first-order valence-corrected chi connectivity index (χ1v) is 16.0. The SMILES string of the molecule is COc1c(C)cc(P(C2=CC=C[C]2[C@H](C)P(C(C)(C)C)C(C)(C)C)c2cc(C)c(OC)c(C)c2)cc1C. The molecule has 4 heteroatoms. The summed E-state index contributed by atoms with van der Waals surface area (Å²) in [5.41, 5.74) is 5.27. The van der Waals surface area contributed by atoms with Gasteiger partial charge >= 0.3 is 0 Å². The third-order valence-corrected chi connectivity index (χ3v) is 13.5. The molecule has 0 N–H and O–H groups in total. The maximum atomic E-state index is 5.74. The lowest BCUT2D eigenvalue weighted by Crippen LogP contribution is -2.33. The number of allylic oxidation sites excluding steroid dienone is 4. The van der Waals surface area contributed by atoms with E-state index in [4.69, 9.17) is 9.47 Å². The van der Waals surface area contributed by atoms with Crippen LogP contribution in [-0.4, -0.2) is 30.2 Å². The Balaban J connectivity index is 2.23. The number of methoxy groups -OCH3 is 2. The van der Waals surface area contributed by atoms with Gasteiger partial charge in [0.25, 0.3) is 0 Å². The van der Waals surface area contributed by atoms with Gasteiger partial charge in [-0.25, -0.2) is 0 Å². The van der Waals surface area contributed by atoms with E-state index in [2.05, 4.69) is 119 Å². The molecular weight excluding hydrogens is 490 g/mol. The molecule has 0 amide bonds. The zero-order chi connectivity index (χ0) is 27.9. The van der Waals surface area contributed by atoms with Crippen LogP contribution in [0.2, 0.25) is 0 Å². The van der Waals surface area contributed by atoms with E-state index in [1.165, 1.54) is 44.1 Å². The van der Waals surface area contributed by atoms with Crippen LogP contribution >= 0.6 is 15.8 Å². The molecule has 37 heavy (non-hydrogen) atoms. The summed E-state index contributed by atoms with van der Waals surface area (Å²) in [6.45, 7) is 25.7. The zero-order valence-corrected chi connectivity index (χ0v) is 27.1. The first-order valence-electron chi connectivity index (χ1n) is 13.3. The van der Waals surface area contributed by atoms with E-state index in [-0.39, 0.29) is 18.2 Å². The van der Waals surface area contributed by atoms with Crippen molar-refractivity contribution in [2.45, 2.75) is 92.1 Å². The lowest BCUT2D eigenvalue weighted by molar-refractivity contribution is 0.408. The monoisotopic (exact) mass is 537 g/mol. The van der Waals surface area contributed by atoms with Crippen molar-refractivity contribution < 1.29 is 9.47 Å². The Hall–Kier alpha value is -1.62. The van der Waals surface area contributed by atoms with Crippen molar-refractivity contribution in [2.24, 2.45) is 0 Å². The predicted molar refractivity (Wildman–Crippen MR) is 167 cm³/mol. The highest BCUT2D eigenvalue weighted by Gasteiger charge is 2.43. The Kier molecular flexibility index (Phi) is 9.09. The molecule has 2 aromatic carbocycles. The van der Waals surface area contributed by atoms with Crippen LogP contribution in [-0.2, 0) is 0 Å². The average molecular weight is 538 g/mol. The third kappa shape index (κ3) is 6.18. The van der Waals surface area contributed by atoms with Crippen LogP contribution in [0, 0.1) is 33.6 Å². The fourth-order valence-corrected chi connectivity index (χ4v) is 14.3. The van der Waals surface area contributed by atoms with Crippen molar-refractivity contribution in [3.8, 4) is 11.5 Å². The van der Waals surface area contributed by atoms with Crippen LogP contribution < -0.4 is 20.1 Å². The molecule has 0 bridgehead atoms. The van der Waals surface area contributed by atoms with Crippen molar-refractivity contribution in [3.63, 3.8) is 0 Å². The van der Waals surface area contributed by atoms with Gasteiger partial charge in [-0.3, -0.25) is 0 Å². The lowest BCUT2D eigenvalue weighted by atomic mass is 10.1. The summed E-state index contributed by atoms with van der Waals surface area (Å²) >= 11 is 0. The van der Waals surface area contributed by atoms with Gasteiger partial charge in [-0.05, 0) is 114 Å². The van der Waals surface area contributed by atoms with Crippen molar-refractivity contribution in [1.29, 1.82) is 0 Å². The maximum Gasteiger partial charge on any atom is 0.124 e. The van der Waals surface area contributed by atoms with E-state index in [0.29, 0.717) is 5.66 Å². The summed E-state index contributed by atoms with van der Waals surface area (Å²) < 4.78 is 11.5. The first kappa shape index (κ1) is 29.9. The van der Waals surface area contributed by atoms with Gasteiger partial charge in [-0.15, -0.1) is 0 Å². The Labute approximate surface area is 229 Å². The molecule has 2 aromatic rings. The van der Waals surface area contributed by atoms with Crippen LogP contribution in [0.25, 0.3) is 0 Å². The molecule has 1 aliphatic carbocycles. The van der Waals surface area contributed by atoms with E-state index < -0.39 is 7.92 Å². The molecule has 0 aromatic heterocycles. The Morgan fingerprint density at radius 1 is 0.676 bits per heavy atom. The minimum atomic E-state index is -0.759. The number of benzene rings is 2. The molecular formula is C33H47O2P2. The molecule has 3 rings (SSSR count). The first-order chi connectivity index (χ1) is 17.1. The van der Waals surface area contributed by atoms with Gasteiger partial charge in [0.2, 0.25) is 0 Å². The standard InChI is InChI=1S/C33H47O2P2/c1-21-17-26(18-22(2)30(21)34-12)36(27-19-23(3)31(35-13)24(4)20-27)29-16-14-15-28(29)25(5)37(32(6,7)8)33(9,10)11/h14-20,25H,1-13H3/t25-/m0/s1. The average Bonchev–Trinajstić information content (AvgIpc) is 3.21. The minimum Gasteiger partial charge on any atom is -0.496 e. The van der Waals surface area contributed by atoms with Crippen molar-refractivity contribution >= 4 is 26.5 Å². The second-order valence-electron chi connectivity index (χ2n) is 12.3. The number of hydrogen-bond acceptors (Lipinski definition) is 2. The second-order valence-corrected chi connectivity index (χ2v) is 18.7. The van der Waals surface area contributed by atoms with Gasteiger partial charge in [0.1, 0.15) is 11.5 Å². The number of ether oxygens (including phenoxy) is 2. The number of hydrogen-bond donors (Lipinski definition) is 0. The van der Waals surface area contributed by atoms with Crippen LogP contribution in [0.3, 0.4) is 0 Å². The van der Waals surface area contributed by atoms with Crippen LogP contribution in [0.1, 0.15) is 70.7 Å². The van der Waals surface area contributed by atoms with Gasteiger partial charge in [0.15, 0.2) is 0 Å². The summed E-state index contributed by atoms with van der Waals surface area (Å²) in [4.78, 5) is 0. The number of rotatable bonds is 7. The molecule has 0 spiro atoms. The molecule has 1 atom stereocenters. The fourth-order valence-electron chi connectivity index (χ4n) is 6.47. The molecule has 0 unspecified atom stereocenters. The normalized spacial score (nSPS) is 15.5. The second kappa shape index (κ2) is 11.2. The van der Waals surface area contributed by atoms with E-state index in [9.17, 15) is 0 Å². The molecule has 1 radical (unpaired) electrons. The zero-order valence-electron chi connectivity index (χ0n) is 25.3. The van der Waals surface area contributed by atoms with Crippen molar-refractivity contribution in [3.05, 3.63) is 76.0 Å². The summed E-state index contributed by atoms with van der Waals surface area (Å²) in [5, 5.41) is 4.75. The Morgan fingerprint density at radius 2 is 1.05 bits per heavy atom. The molecule has 2 nitrogen and oxygen atoms in total. The summed E-state index contributed by atoms with van der Waals surface area (Å²) in [7, 11) is 2.48. The van der Waals surface area contributed by atoms with E-state index in [1.807, 2.05) is 0 Å². The largest absolute Gasteiger partial charge is 0.496 e.